The lowest BCUT2D eigenvalue weighted by atomic mass is 9.98. The normalized spacial score (nSPS) is 16.7. The molecule has 1 saturated heterocycles. The maximum absolute atomic E-state index is 12.0. The van der Waals surface area contributed by atoms with E-state index in [9.17, 15) is 9.59 Å². The van der Waals surface area contributed by atoms with E-state index in [0.29, 0.717) is 32.0 Å². The molecule has 1 aliphatic heterocycles. The molecule has 0 aliphatic carbocycles. The van der Waals surface area contributed by atoms with Gasteiger partial charge in [0.1, 0.15) is 0 Å². The summed E-state index contributed by atoms with van der Waals surface area (Å²) < 4.78 is 0. The summed E-state index contributed by atoms with van der Waals surface area (Å²) in [6.45, 7) is 2.00. The van der Waals surface area contributed by atoms with Gasteiger partial charge in [0.2, 0.25) is 0 Å². The molecule has 2 amide bonds. The lowest BCUT2D eigenvalue weighted by molar-refractivity contribution is -0.137. The van der Waals surface area contributed by atoms with Crippen LogP contribution >= 0.6 is 0 Å². The van der Waals surface area contributed by atoms with Crippen molar-refractivity contribution < 1.29 is 19.8 Å². The van der Waals surface area contributed by atoms with E-state index < -0.39 is 5.97 Å². The molecule has 0 aromatic carbocycles. The van der Waals surface area contributed by atoms with Crippen LogP contribution in [0.15, 0.2) is 0 Å². The smallest absolute Gasteiger partial charge is 0.319 e. The van der Waals surface area contributed by atoms with Gasteiger partial charge in [-0.05, 0) is 25.2 Å². The minimum Gasteiger partial charge on any atom is -0.481 e. The van der Waals surface area contributed by atoms with E-state index >= 15 is 0 Å². The van der Waals surface area contributed by atoms with Gasteiger partial charge >= 0.3 is 12.0 Å². The molecule has 0 radical (unpaired) electrons. The zero-order valence-corrected chi connectivity index (χ0v) is 10.8. The van der Waals surface area contributed by atoms with Crippen molar-refractivity contribution in [2.75, 3.05) is 33.3 Å². The van der Waals surface area contributed by atoms with Gasteiger partial charge in [0.15, 0.2) is 0 Å². The summed E-state index contributed by atoms with van der Waals surface area (Å²) in [5.41, 5.74) is 0. The predicted molar refractivity (Wildman–Crippen MR) is 66.3 cm³/mol. The first-order valence-electron chi connectivity index (χ1n) is 6.37. The zero-order chi connectivity index (χ0) is 13.5. The number of rotatable bonds is 5. The van der Waals surface area contributed by atoms with Crippen LogP contribution in [0, 0.1) is 5.92 Å². The van der Waals surface area contributed by atoms with Gasteiger partial charge < -0.3 is 20.0 Å². The largest absolute Gasteiger partial charge is 0.481 e. The van der Waals surface area contributed by atoms with Gasteiger partial charge in [-0.15, -0.1) is 0 Å². The van der Waals surface area contributed by atoms with E-state index in [0.717, 1.165) is 12.8 Å². The molecule has 18 heavy (non-hydrogen) atoms. The van der Waals surface area contributed by atoms with Crippen molar-refractivity contribution in [3.8, 4) is 0 Å². The van der Waals surface area contributed by atoms with Gasteiger partial charge in [0.25, 0.3) is 0 Å². The monoisotopic (exact) mass is 258 g/mol. The number of aliphatic hydroxyl groups is 1. The number of nitrogens with zero attached hydrogens (tertiary/aromatic N) is 2. The average Bonchev–Trinajstić information content (AvgIpc) is 2.37. The first kappa shape index (κ1) is 14.8. The first-order valence-corrected chi connectivity index (χ1v) is 6.37. The van der Waals surface area contributed by atoms with Crippen LogP contribution in [0.4, 0.5) is 4.79 Å². The number of aliphatic hydroxyl groups excluding tert-OH is 1. The number of hydrogen-bond donors (Lipinski definition) is 2. The number of urea groups is 1. The van der Waals surface area contributed by atoms with Crippen LogP contribution in [0.25, 0.3) is 0 Å². The molecule has 1 rings (SSSR count). The number of likely N-dealkylation sites (tertiary alicyclic amines) is 1. The number of carbonyl (C=O) groups is 2. The molecule has 0 spiro atoms. The van der Waals surface area contributed by atoms with E-state index in [1.54, 1.807) is 16.8 Å². The van der Waals surface area contributed by atoms with Crippen molar-refractivity contribution >= 4 is 12.0 Å². The number of hydrogen-bond acceptors (Lipinski definition) is 3. The fourth-order valence-corrected chi connectivity index (χ4v) is 2.11. The molecule has 0 aromatic heterocycles. The molecule has 1 heterocycles. The van der Waals surface area contributed by atoms with Crippen LogP contribution in [0.5, 0.6) is 0 Å². The highest BCUT2D eigenvalue weighted by Crippen LogP contribution is 2.17. The first-order chi connectivity index (χ1) is 8.54. The van der Waals surface area contributed by atoms with E-state index in [-0.39, 0.29) is 19.1 Å². The Morgan fingerprint density at radius 1 is 1.33 bits per heavy atom. The zero-order valence-electron chi connectivity index (χ0n) is 10.8. The summed E-state index contributed by atoms with van der Waals surface area (Å²) in [7, 11) is 1.70. The van der Waals surface area contributed by atoms with E-state index in [1.807, 2.05) is 0 Å². The van der Waals surface area contributed by atoms with Crippen LogP contribution in [0.2, 0.25) is 0 Å². The number of carboxylic acid groups (broad SMARTS) is 1. The fraction of sp³-hybridized carbons (Fsp3) is 0.833. The van der Waals surface area contributed by atoms with Crippen LogP contribution in [-0.4, -0.2) is 65.3 Å². The van der Waals surface area contributed by atoms with Crippen molar-refractivity contribution in [3.63, 3.8) is 0 Å². The molecule has 1 aliphatic rings. The minimum atomic E-state index is -0.834. The van der Waals surface area contributed by atoms with Crippen LogP contribution in [0.3, 0.4) is 0 Å². The van der Waals surface area contributed by atoms with E-state index in [2.05, 4.69) is 0 Å². The highest BCUT2D eigenvalue weighted by atomic mass is 16.4. The maximum atomic E-state index is 12.0. The fourth-order valence-electron chi connectivity index (χ4n) is 2.11. The Bertz CT molecular complexity index is 288. The molecule has 0 unspecified atom stereocenters. The Morgan fingerprint density at radius 3 is 2.44 bits per heavy atom. The van der Waals surface area contributed by atoms with Crippen LogP contribution < -0.4 is 0 Å². The van der Waals surface area contributed by atoms with Crippen molar-refractivity contribution in [1.29, 1.82) is 0 Å². The van der Waals surface area contributed by atoms with Gasteiger partial charge in [0.05, 0.1) is 0 Å². The number of aliphatic carboxylic acids is 1. The van der Waals surface area contributed by atoms with Gasteiger partial charge in [-0.1, -0.05) is 0 Å². The molecule has 0 aromatic rings. The second-order valence-corrected chi connectivity index (χ2v) is 4.81. The van der Waals surface area contributed by atoms with Gasteiger partial charge in [0, 0.05) is 39.7 Å². The average molecular weight is 258 g/mol. The molecule has 1 fully saturated rings. The second-order valence-electron chi connectivity index (χ2n) is 4.81. The third kappa shape index (κ3) is 4.52. The van der Waals surface area contributed by atoms with Crippen molar-refractivity contribution in [2.45, 2.75) is 25.7 Å². The molecule has 6 nitrogen and oxygen atoms in total. The third-order valence-electron chi connectivity index (χ3n) is 3.35. The minimum absolute atomic E-state index is 0.0446. The van der Waals surface area contributed by atoms with E-state index in [1.165, 1.54) is 0 Å². The van der Waals surface area contributed by atoms with E-state index in [4.69, 9.17) is 10.2 Å². The number of carboxylic acids is 1. The summed E-state index contributed by atoms with van der Waals surface area (Å²) in [5.74, 6) is -0.522. The van der Waals surface area contributed by atoms with Crippen molar-refractivity contribution in [3.05, 3.63) is 0 Å². The molecule has 0 bridgehead atoms. The predicted octanol–water partition coefficient (Wildman–Crippen LogP) is 0.607. The Kier molecular flexibility index (Phi) is 5.91. The molecule has 2 N–H and O–H groups in total. The lowest BCUT2D eigenvalue weighted by Crippen LogP contribution is -2.45. The number of piperidine rings is 1. The maximum Gasteiger partial charge on any atom is 0.319 e. The highest BCUT2D eigenvalue weighted by Gasteiger charge is 2.24. The summed E-state index contributed by atoms with van der Waals surface area (Å²) in [6.07, 6.45) is 2.24. The van der Waals surface area contributed by atoms with Gasteiger partial charge in [-0.3, -0.25) is 4.79 Å². The van der Waals surface area contributed by atoms with Crippen molar-refractivity contribution in [1.82, 2.24) is 9.80 Å². The topological polar surface area (TPSA) is 81.1 Å². The summed E-state index contributed by atoms with van der Waals surface area (Å²) in [4.78, 5) is 25.7. The standard InChI is InChI=1S/C12H22N2O4/c1-13(6-2-3-11(16)17)12(18)14-7-4-10(9-15)5-8-14/h10,15H,2-9H2,1H3,(H,16,17). The third-order valence-corrected chi connectivity index (χ3v) is 3.35. The summed E-state index contributed by atoms with van der Waals surface area (Å²) >= 11 is 0. The Morgan fingerprint density at radius 2 is 1.94 bits per heavy atom. The Balaban J connectivity index is 2.28. The highest BCUT2D eigenvalue weighted by molar-refractivity contribution is 5.74. The Labute approximate surface area is 107 Å². The van der Waals surface area contributed by atoms with Crippen LogP contribution in [-0.2, 0) is 4.79 Å². The molecule has 104 valence electrons. The Hall–Kier alpha value is -1.30. The number of carbonyl (C=O) groups excluding carboxylic acids is 1. The van der Waals surface area contributed by atoms with Gasteiger partial charge in [-0.2, -0.15) is 0 Å². The summed E-state index contributed by atoms with van der Waals surface area (Å²) in [6, 6.07) is -0.0446. The molecule has 0 saturated carbocycles. The summed E-state index contributed by atoms with van der Waals surface area (Å²) in [5, 5.41) is 17.6. The SMILES string of the molecule is CN(CCCC(=O)O)C(=O)N1CCC(CO)CC1. The van der Waals surface area contributed by atoms with Crippen molar-refractivity contribution in [2.24, 2.45) is 5.92 Å². The molecular weight excluding hydrogens is 236 g/mol. The molecular formula is C12H22N2O4. The van der Waals surface area contributed by atoms with Crippen LogP contribution in [0.1, 0.15) is 25.7 Å². The quantitative estimate of drug-likeness (QED) is 0.757. The molecule has 0 atom stereocenters. The second kappa shape index (κ2) is 7.20. The number of amides is 2. The van der Waals surface area contributed by atoms with Gasteiger partial charge in [-0.25, -0.2) is 4.79 Å². The molecule has 6 heteroatoms. The lowest BCUT2D eigenvalue weighted by Gasteiger charge is -2.34.